The first kappa shape index (κ1) is 19.7. The molecule has 1 fully saturated rings. The van der Waals surface area contributed by atoms with Gasteiger partial charge < -0.3 is 11.1 Å². The maximum Gasteiger partial charge on any atom is 0.223 e. The Morgan fingerprint density at radius 1 is 1.35 bits per heavy atom. The molecule has 7 heteroatoms. The normalized spacial score (nSPS) is 23.2. The van der Waals surface area contributed by atoms with E-state index in [2.05, 4.69) is 5.32 Å². The van der Waals surface area contributed by atoms with Crippen LogP contribution in [0.1, 0.15) is 39.5 Å². The Balaban J connectivity index is 0.00000361. The fraction of sp³-hybridized carbons (Fsp3) is 0.923. The smallest absolute Gasteiger partial charge is 0.223 e. The predicted octanol–water partition coefficient (Wildman–Crippen LogP) is 1.11. The van der Waals surface area contributed by atoms with Crippen LogP contribution in [0.4, 0.5) is 0 Å². The molecule has 1 aliphatic carbocycles. The third-order valence-corrected chi connectivity index (χ3v) is 4.80. The van der Waals surface area contributed by atoms with Crippen molar-refractivity contribution in [1.29, 1.82) is 0 Å². The summed E-state index contributed by atoms with van der Waals surface area (Å²) in [6, 6.07) is 0. The summed E-state index contributed by atoms with van der Waals surface area (Å²) < 4.78 is 22.4. The molecule has 0 aliphatic heterocycles. The first-order valence-corrected chi connectivity index (χ1v) is 8.90. The van der Waals surface area contributed by atoms with Crippen LogP contribution < -0.4 is 11.1 Å². The topological polar surface area (TPSA) is 89.3 Å². The largest absolute Gasteiger partial charge is 0.351 e. The van der Waals surface area contributed by atoms with Crippen molar-refractivity contribution in [2.45, 2.75) is 45.1 Å². The number of carbonyl (C=O) groups is 1. The van der Waals surface area contributed by atoms with Crippen LogP contribution in [0.25, 0.3) is 0 Å². The number of halogens is 1. The van der Waals surface area contributed by atoms with Crippen LogP contribution in [0.2, 0.25) is 0 Å². The van der Waals surface area contributed by atoms with Crippen LogP contribution in [0, 0.1) is 11.8 Å². The minimum Gasteiger partial charge on any atom is -0.351 e. The predicted molar refractivity (Wildman–Crippen MR) is 83.7 cm³/mol. The van der Waals surface area contributed by atoms with Crippen molar-refractivity contribution in [3.05, 3.63) is 0 Å². The van der Waals surface area contributed by atoms with E-state index in [1.165, 1.54) is 6.26 Å². The summed E-state index contributed by atoms with van der Waals surface area (Å²) in [5, 5.41) is 2.98. The highest BCUT2D eigenvalue weighted by molar-refractivity contribution is 7.90. The van der Waals surface area contributed by atoms with Crippen LogP contribution in [-0.2, 0) is 14.6 Å². The zero-order chi connectivity index (χ0) is 14.7. The zero-order valence-corrected chi connectivity index (χ0v) is 14.1. The molecule has 1 rings (SSSR count). The van der Waals surface area contributed by atoms with Crippen molar-refractivity contribution in [3.8, 4) is 0 Å². The van der Waals surface area contributed by atoms with E-state index >= 15 is 0 Å². The highest BCUT2D eigenvalue weighted by atomic mass is 35.5. The maximum absolute atomic E-state index is 12.2. The number of nitrogens with one attached hydrogen (secondary N) is 1. The number of rotatable bonds is 6. The first-order chi connectivity index (χ1) is 8.64. The Kier molecular flexibility index (Phi) is 7.49. The number of carbonyl (C=O) groups excluding carboxylic acids is 1. The summed E-state index contributed by atoms with van der Waals surface area (Å²) in [6.07, 6.45) is 4.59. The first-order valence-electron chi connectivity index (χ1n) is 6.84. The Labute approximate surface area is 128 Å². The lowest BCUT2D eigenvalue weighted by atomic mass is 9.93. The van der Waals surface area contributed by atoms with E-state index in [-0.39, 0.29) is 35.9 Å². The molecule has 0 aromatic rings. The van der Waals surface area contributed by atoms with Gasteiger partial charge in [0.05, 0.1) is 5.75 Å². The van der Waals surface area contributed by atoms with Gasteiger partial charge in [0.25, 0.3) is 0 Å². The highest BCUT2D eigenvalue weighted by Gasteiger charge is 2.34. The van der Waals surface area contributed by atoms with Crippen LogP contribution in [0.15, 0.2) is 0 Å². The lowest BCUT2D eigenvalue weighted by molar-refractivity contribution is -0.127. The third kappa shape index (κ3) is 6.41. The molecule has 0 heterocycles. The van der Waals surface area contributed by atoms with Gasteiger partial charge in [0.15, 0.2) is 0 Å². The average Bonchev–Trinajstić information content (AvgIpc) is 2.73. The summed E-state index contributed by atoms with van der Waals surface area (Å²) >= 11 is 0. The van der Waals surface area contributed by atoms with Crippen molar-refractivity contribution >= 4 is 28.2 Å². The molecular weight excluding hydrogens is 300 g/mol. The van der Waals surface area contributed by atoms with Gasteiger partial charge >= 0.3 is 0 Å². The average molecular weight is 327 g/mol. The molecule has 1 saturated carbocycles. The fourth-order valence-corrected chi connectivity index (χ4v) is 3.47. The molecule has 0 saturated heterocycles. The van der Waals surface area contributed by atoms with Crippen molar-refractivity contribution in [2.24, 2.45) is 17.6 Å². The standard InChI is InChI=1S/C13H26N2O3S.ClH/c1-13(2,7-8-19(3,17)18)15-12(16)11-6-4-5-10(11)9-14;/h10-11H,4-9,14H2,1-3H3,(H,15,16);1H/t10-,11-;/m1./s1. The minimum atomic E-state index is -3.00. The van der Waals surface area contributed by atoms with Gasteiger partial charge in [-0.15, -0.1) is 12.4 Å². The summed E-state index contributed by atoms with van der Waals surface area (Å²) in [7, 11) is -3.00. The molecule has 120 valence electrons. The number of sulfone groups is 1. The summed E-state index contributed by atoms with van der Waals surface area (Å²) in [4.78, 5) is 12.2. The Morgan fingerprint density at radius 2 is 1.95 bits per heavy atom. The molecule has 5 nitrogen and oxygen atoms in total. The number of amides is 1. The number of nitrogens with two attached hydrogens (primary N) is 1. The Hall–Kier alpha value is -0.330. The second-order valence-electron chi connectivity index (χ2n) is 6.29. The van der Waals surface area contributed by atoms with E-state index in [1.54, 1.807) is 0 Å². The van der Waals surface area contributed by atoms with Crippen molar-refractivity contribution in [3.63, 3.8) is 0 Å². The molecule has 20 heavy (non-hydrogen) atoms. The van der Waals surface area contributed by atoms with Gasteiger partial charge in [-0.25, -0.2) is 8.42 Å². The summed E-state index contributed by atoms with van der Waals surface area (Å²) in [5.74, 6) is 0.366. The fourth-order valence-electron chi connectivity index (χ4n) is 2.59. The van der Waals surface area contributed by atoms with E-state index in [4.69, 9.17) is 5.73 Å². The lowest BCUT2D eigenvalue weighted by Crippen LogP contribution is -2.48. The zero-order valence-electron chi connectivity index (χ0n) is 12.5. The third-order valence-electron chi connectivity index (χ3n) is 3.86. The molecule has 0 radical (unpaired) electrons. The summed E-state index contributed by atoms with van der Waals surface area (Å²) in [6.45, 7) is 4.27. The molecule has 2 atom stereocenters. The van der Waals surface area contributed by atoms with Crippen molar-refractivity contribution < 1.29 is 13.2 Å². The molecule has 1 amide bonds. The minimum absolute atomic E-state index is 0. The van der Waals surface area contributed by atoms with E-state index in [1.807, 2.05) is 13.8 Å². The number of hydrogen-bond donors (Lipinski definition) is 2. The SMILES string of the molecule is CC(C)(CCS(C)(=O)=O)NC(=O)[C@@H]1CCC[C@@H]1CN.Cl. The van der Waals surface area contributed by atoms with E-state index in [0.717, 1.165) is 19.3 Å². The van der Waals surface area contributed by atoms with Crippen LogP contribution in [0.3, 0.4) is 0 Å². The van der Waals surface area contributed by atoms with Gasteiger partial charge in [-0.2, -0.15) is 0 Å². The molecule has 0 bridgehead atoms. The van der Waals surface area contributed by atoms with Crippen molar-refractivity contribution in [2.75, 3.05) is 18.6 Å². The summed E-state index contributed by atoms with van der Waals surface area (Å²) in [5.41, 5.74) is 5.18. The van der Waals surface area contributed by atoms with E-state index < -0.39 is 15.4 Å². The lowest BCUT2D eigenvalue weighted by Gasteiger charge is -2.29. The highest BCUT2D eigenvalue weighted by Crippen LogP contribution is 2.31. The molecule has 3 N–H and O–H groups in total. The van der Waals surface area contributed by atoms with Crippen LogP contribution >= 0.6 is 12.4 Å². The quantitative estimate of drug-likeness (QED) is 0.765. The Morgan fingerprint density at radius 3 is 2.45 bits per heavy atom. The molecule has 0 aromatic carbocycles. The number of hydrogen-bond acceptors (Lipinski definition) is 4. The second kappa shape index (κ2) is 7.61. The monoisotopic (exact) mass is 326 g/mol. The van der Waals surface area contributed by atoms with Gasteiger partial charge in [-0.3, -0.25) is 4.79 Å². The van der Waals surface area contributed by atoms with E-state index in [0.29, 0.717) is 13.0 Å². The van der Waals surface area contributed by atoms with Gasteiger partial charge in [0.1, 0.15) is 9.84 Å². The van der Waals surface area contributed by atoms with E-state index in [9.17, 15) is 13.2 Å². The molecular formula is C13H27ClN2O3S. The molecule has 0 spiro atoms. The molecule has 0 aromatic heterocycles. The van der Waals surface area contributed by atoms with Gasteiger partial charge in [-0.1, -0.05) is 6.42 Å². The molecule has 1 aliphatic rings. The van der Waals surface area contributed by atoms with Crippen LogP contribution in [0.5, 0.6) is 0 Å². The van der Waals surface area contributed by atoms with Gasteiger partial charge in [0.2, 0.25) is 5.91 Å². The van der Waals surface area contributed by atoms with Crippen LogP contribution in [-0.4, -0.2) is 38.4 Å². The van der Waals surface area contributed by atoms with Gasteiger partial charge in [-0.05, 0) is 45.6 Å². The second-order valence-corrected chi connectivity index (χ2v) is 8.55. The maximum atomic E-state index is 12.2. The van der Waals surface area contributed by atoms with Gasteiger partial charge in [0, 0.05) is 17.7 Å². The molecule has 0 unspecified atom stereocenters. The van der Waals surface area contributed by atoms with Crippen molar-refractivity contribution in [1.82, 2.24) is 5.32 Å². The Bertz CT molecular complexity index is 423.